The van der Waals surface area contributed by atoms with Crippen molar-refractivity contribution in [3.63, 3.8) is 0 Å². The summed E-state index contributed by atoms with van der Waals surface area (Å²) < 4.78 is 0. The number of carbonyl (C=O) groups is 2. The lowest BCUT2D eigenvalue weighted by atomic mass is 9.94. The minimum Gasteiger partial charge on any atom is -0.396 e. The number of aliphatic hydroxyl groups excluding tert-OH is 1. The van der Waals surface area contributed by atoms with E-state index in [1.807, 2.05) is 4.90 Å². The zero-order chi connectivity index (χ0) is 16.4. The Kier molecular flexibility index (Phi) is 4.61. The van der Waals surface area contributed by atoms with E-state index >= 15 is 0 Å². The number of carbonyl (C=O) groups excluding carboxylic acids is 2. The molecule has 1 fully saturated rings. The summed E-state index contributed by atoms with van der Waals surface area (Å²) in [4.78, 5) is 32.2. The van der Waals surface area contributed by atoms with E-state index < -0.39 is 0 Å². The highest BCUT2D eigenvalue weighted by Gasteiger charge is 2.28. The Hall–Kier alpha value is -1.95. The minimum atomic E-state index is 0.00350. The van der Waals surface area contributed by atoms with Gasteiger partial charge in [0.1, 0.15) is 0 Å². The summed E-state index contributed by atoms with van der Waals surface area (Å²) >= 11 is 0. The molecule has 0 aromatic carbocycles. The molecule has 2 aliphatic heterocycles. The van der Waals surface area contributed by atoms with Crippen LogP contribution in [0.3, 0.4) is 0 Å². The van der Waals surface area contributed by atoms with Crippen molar-refractivity contribution in [3.05, 3.63) is 29.1 Å². The van der Waals surface area contributed by atoms with Gasteiger partial charge < -0.3 is 14.9 Å². The predicted octanol–water partition coefficient (Wildman–Crippen LogP) is 0.831. The molecular weight excluding hydrogens is 294 g/mol. The first-order chi connectivity index (χ1) is 11.1. The lowest BCUT2D eigenvalue weighted by Crippen LogP contribution is -2.42. The minimum absolute atomic E-state index is 0.00350. The number of aromatic nitrogens is 1. The molecule has 1 unspecified atom stereocenters. The van der Waals surface area contributed by atoms with Crippen LogP contribution in [0.25, 0.3) is 0 Å². The Morgan fingerprint density at radius 3 is 2.87 bits per heavy atom. The molecule has 6 nitrogen and oxygen atoms in total. The lowest BCUT2D eigenvalue weighted by Gasteiger charge is -2.33. The molecule has 0 radical (unpaired) electrons. The highest BCUT2D eigenvalue weighted by atomic mass is 16.3. The first-order valence-electron chi connectivity index (χ1n) is 8.21. The van der Waals surface area contributed by atoms with E-state index in [0.29, 0.717) is 31.6 Å². The largest absolute Gasteiger partial charge is 0.396 e. The topological polar surface area (TPSA) is 73.7 Å². The second-order valence-electron chi connectivity index (χ2n) is 6.46. The Labute approximate surface area is 136 Å². The number of likely N-dealkylation sites (tertiary alicyclic amines) is 1. The third kappa shape index (κ3) is 3.22. The molecule has 0 saturated carbocycles. The number of aliphatic hydroxyl groups is 1. The third-order valence-corrected chi connectivity index (χ3v) is 4.88. The van der Waals surface area contributed by atoms with Crippen LogP contribution in [-0.4, -0.2) is 57.9 Å². The number of hydrogen-bond donors (Lipinski definition) is 1. The zero-order valence-corrected chi connectivity index (χ0v) is 13.5. The SMILES string of the molecule is CC(=O)N1CCc2c(cncc2C(=O)N2CCCC(CO)C2)C1. The first-order valence-corrected chi connectivity index (χ1v) is 8.21. The van der Waals surface area contributed by atoms with Crippen LogP contribution < -0.4 is 0 Å². The lowest BCUT2D eigenvalue weighted by molar-refractivity contribution is -0.129. The maximum atomic E-state index is 12.9. The molecule has 1 aromatic heterocycles. The molecule has 0 spiro atoms. The molecule has 6 heteroatoms. The molecule has 1 atom stereocenters. The molecule has 2 amide bonds. The van der Waals surface area contributed by atoms with Crippen LogP contribution in [0.1, 0.15) is 41.3 Å². The van der Waals surface area contributed by atoms with Crippen molar-refractivity contribution >= 4 is 11.8 Å². The number of fused-ring (bicyclic) bond motifs is 1. The van der Waals surface area contributed by atoms with Gasteiger partial charge in [0, 0.05) is 52.1 Å². The van der Waals surface area contributed by atoms with Gasteiger partial charge in [-0.15, -0.1) is 0 Å². The van der Waals surface area contributed by atoms with Crippen LogP contribution in [0, 0.1) is 5.92 Å². The highest BCUT2D eigenvalue weighted by molar-refractivity contribution is 5.96. The Balaban J connectivity index is 1.82. The van der Waals surface area contributed by atoms with Gasteiger partial charge in [-0.05, 0) is 36.3 Å². The predicted molar refractivity (Wildman–Crippen MR) is 84.7 cm³/mol. The molecule has 1 N–H and O–H groups in total. The number of hydrogen-bond acceptors (Lipinski definition) is 4. The average molecular weight is 317 g/mol. The van der Waals surface area contributed by atoms with Crippen molar-refractivity contribution in [2.45, 2.75) is 32.7 Å². The summed E-state index contributed by atoms with van der Waals surface area (Å²) in [5.74, 6) is 0.228. The number of rotatable bonds is 2. The van der Waals surface area contributed by atoms with Crippen LogP contribution in [0.2, 0.25) is 0 Å². The fraction of sp³-hybridized carbons (Fsp3) is 0.588. The standard InChI is InChI=1S/C17H23N3O3/c1-12(22)19-6-4-15-14(10-19)7-18-8-16(15)17(23)20-5-2-3-13(9-20)11-21/h7-8,13,21H,2-6,9-11H2,1H3. The maximum Gasteiger partial charge on any atom is 0.255 e. The van der Waals surface area contributed by atoms with E-state index in [-0.39, 0.29) is 24.3 Å². The molecule has 0 bridgehead atoms. The monoisotopic (exact) mass is 317 g/mol. The van der Waals surface area contributed by atoms with Gasteiger partial charge in [-0.1, -0.05) is 0 Å². The summed E-state index contributed by atoms with van der Waals surface area (Å²) in [6.07, 6.45) is 5.99. The van der Waals surface area contributed by atoms with Gasteiger partial charge in [0.05, 0.1) is 5.56 Å². The molecule has 2 aliphatic rings. The van der Waals surface area contributed by atoms with E-state index in [0.717, 1.165) is 30.5 Å². The summed E-state index contributed by atoms with van der Waals surface area (Å²) in [5, 5.41) is 9.35. The highest BCUT2D eigenvalue weighted by Crippen LogP contribution is 2.24. The molecule has 23 heavy (non-hydrogen) atoms. The Morgan fingerprint density at radius 2 is 2.13 bits per heavy atom. The number of piperidine rings is 1. The van der Waals surface area contributed by atoms with Gasteiger partial charge in [0.25, 0.3) is 5.91 Å². The zero-order valence-electron chi connectivity index (χ0n) is 13.5. The molecule has 1 aromatic rings. The van der Waals surface area contributed by atoms with E-state index in [2.05, 4.69) is 4.98 Å². The van der Waals surface area contributed by atoms with E-state index in [1.54, 1.807) is 24.2 Å². The van der Waals surface area contributed by atoms with Gasteiger partial charge in [-0.3, -0.25) is 14.6 Å². The molecule has 1 saturated heterocycles. The maximum absolute atomic E-state index is 12.9. The summed E-state index contributed by atoms with van der Waals surface area (Å²) in [6, 6.07) is 0. The van der Waals surface area contributed by atoms with Crippen molar-refractivity contribution < 1.29 is 14.7 Å². The van der Waals surface area contributed by atoms with Gasteiger partial charge in [0.15, 0.2) is 0 Å². The van der Waals surface area contributed by atoms with Crippen LogP contribution in [0.4, 0.5) is 0 Å². The summed E-state index contributed by atoms with van der Waals surface area (Å²) in [7, 11) is 0. The van der Waals surface area contributed by atoms with E-state index in [9.17, 15) is 14.7 Å². The van der Waals surface area contributed by atoms with Crippen LogP contribution in [-0.2, 0) is 17.8 Å². The van der Waals surface area contributed by atoms with Crippen LogP contribution in [0.15, 0.2) is 12.4 Å². The molecular formula is C17H23N3O3. The van der Waals surface area contributed by atoms with Crippen molar-refractivity contribution in [3.8, 4) is 0 Å². The fourth-order valence-corrected chi connectivity index (χ4v) is 3.52. The average Bonchev–Trinajstić information content (AvgIpc) is 2.60. The Bertz CT molecular complexity index is 617. The second kappa shape index (κ2) is 6.66. The van der Waals surface area contributed by atoms with Gasteiger partial charge in [0.2, 0.25) is 5.91 Å². The van der Waals surface area contributed by atoms with Crippen molar-refractivity contribution in [1.82, 2.24) is 14.8 Å². The molecule has 0 aliphatic carbocycles. The van der Waals surface area contributed by atoms with Crippen molar-refractivity contribution in [2.24, 2.45) is 5.92 Å². The van der Waals surface area contributed by atoms with E-state index in [1.165, 1.54) is 0 Å². The third-order valence-electron chi connectivity index (χ3n) is 4.88. The number of nitrogens with zero attached hydrogens (tertiary/aromatic N) is 3. The quantitative estimate of drug-likeness (QED) is 0.877. The first kappa shape index (κ1) is 15.9. The smallest absolute Gasteiger partial charge is 0.255 e. The van der Waals surface area contributed by atoms with Gasteiger partial charge >= 0.3 is 0 Å². The van der Waals surface area contributed by atoms with Crippen LogP contribution >= 0.6 is 0 Å². The van der Waals surface area contributed by atoms with Crippen LogP contribution in [0.5, 0.6) is 0 Å². The second-order valence-corrected chi connectivity index (χ2v) is 6.46. The fourth-order valence-electron chi connectivity index (χ4n) is 3.52. The molecule has 3 rings (SSSR count). The summed E-state index contributed by atoms with van der Waals surface area (Å²) in [6.45, 7) is 4.21. The molecule has 124 valence electrons. The van der Waals surface area contributed by atoms with Gasteiger partial charge in [-0.25, -0.2) is 0 Å². The number of pyridine rings is 1. The normalized spacial score (nSPS) is 21.0. The Morgan fingerprint density at radius 1 is 1.30 bits per heavy atom. The number of amides is 2. The molecule has 3 heterocycles. The van der Waals surface area contributed by atoms with Gasteiger partial charge in [-0.2, -0.15) is 0 Å². The van der Waals surface area contributed by atoms with Crippen molar-refractivity contribution in [1.29, 1.82) is 0 Å². The van der Waals surface area contributed by atoms with Crippen molar-refractivity contribution in [2.75, 3.05) is 26.2 Å². The van der Waals surface area contributed by atoms with E-state index in [4.69, 9.17) is 0 Å². The summed E-state index contributed by atoms with van der Waals surface area (Å²) in [5.41, 5.74) is 2.64.